The molecule has 0 aromatic carbocycles. The maximum absolute atomic E-state index is 12.9. The third-order valence-corrected chi connectivity index (χ3v) is 6.69. The zero-order chi connectivity index (χ0) is 22.7. The smallest absolute Gasteiger partial charge is 0.267 e. The normalized spacial score (nSPS) is 11.4. The van der Waals surface area contributed by atoms with E-state index in [0.717, 1.165) is 9.75 Å². The minimum absolute atomic E-state index is 0.183. The molecule has 0 spiro atoms. The van der Waals surface area contributed by atoms with Crippen LogP contribution in [0.4, 0.5) is 0 Å². The highest BCUT2D eigenvalue weighted by molar-refractivity contribution is 7.13. The van der Waals surface area contributed by atoms with Crippen molar-refractivity contribution in [2.75, 3.05) is 6.54 Å². The Labute approximate surface area is 191 Å². The summed E-state index contributed by atoms with van der Waals surface area (Å²) in [4.78, 5) is 39.4. The maximum atomic E-state index is 12.9. The van der Waals surface area contributed by atoms with Gasteiger partial charge in [0.2, 0.25) is 5.91 Å². The van der Waals surface area contributed by atoms with E-state index in [9.17, 15) is 14.4 Å². The molecule has 0 unspecified atom stereocenters. The van der Waals surface area contributed by atoms with Crippen molar-refractivity contribution >= 4 is 28.6 Å². The zero-order valence-corrected chi connectivity index (χ0v) is 19.2. The average Bonchev–Trinajstić information content (AvgIpc) is 3.49. The highest BCUT2D eigenvalue weighted by Crippen LogP contribution is 2.23. The molecular weight excluding hydrogens is 446 g/mol. The van der Waals surface area contributed by atoms with Crippen LogP contribution in [-0.2, 0) is 16.9 Å². The second-order valence-corrected chi connectivity index (χ2v) is 9.41. The summed E-state index contributed by atoms with van der Waals surface area (Å²) in [7, 11) is 0. The summed E-state index contributed by atoms with van der Waals surface area (Å²) in [5, 5.41) is 15.5. The molecule has 0 fully saturated rings. The first-order valence-electron chi connectivity index (χ1n) is 9.91. The molecule has 0 aliphatic rings. The van der Waals surface area contributed by atoms with Gasteiger partial charge in [-0.1, -0.05) is 12.1 Å². The van der Waals surface area contributed by atoms with Gasteiger partial charge in [-0.25, -0.2) is 9.36 Å². The van der Waals surface area contributed by atoms with Crippen molar-refractivity contribution in [2.45, 2.75) is 25.9 Å². The van der Waals surface area contributed by atoms with Crippen LogP contribution in [0.5, 0.6) is 0 Å². The van der Waals surface area contributed by atoms with Crippen LogP contribution in [0.1, 0.15) is 13.8 Å². The second kappa shape index (κ2) is 9.01. The molecule has 1 N–H and O–H groups in total. The lowest BCUT2D eigenvalue weighted by molar-refractivity contribution is -0.129. The van der Waals surface area contributed by atoms with Gasteiger partial charge in [0.1, 0.15) is 16.9 Å². The van der Waals surface area contributed by atoms with Crippen molar-refractivity contribution < 1.29 is 4.79 Å². The van der Waals surface area contributed by atoms with Crippen LogP contribution in [0, 0.1) is 0 Å². The van der Waals surface area contributed by atoms with Gasteiger partial charge >= 0.3 is 0 Å². The first kappa shape index (κ1) is 21.8. The van der Waals surface area contributed by atoms with Gasteiger partial charge < -0.3 is 5.32 Å². The van der Waals surface area contributed by atoms with Crippen LogP contribution in [0.15, 0.2) is 68.9 Å². The zero-order valence-electron chi connectivity index (χ0n) is 17.5. The van der Waals surface area contributed by atoms with E-state index in [0.29, 0.717) is 11.4 Å². The standard InChI is InChI=1S/C22H21N5O3S2/c1-22(2,27-20(29)10-8-16(25-27)18-6-4-14-32-18)21(30)23-11-12-26-19(28)9-7-15(24-26)17-5-3-13-31-17/h3-10,13-14H,11-12H2,1-2H3,(H,23,30). The number of nitrogens with zero attached hydrogens (tertiary/aromatic N) is 4. The lowest BCUT2D eigenvalue weighted by Gasteiger charge is -2.25. The topological polar surface area (TPSA) is 98.9 Å². The van der Waals surface area contributed by atoms with Gasteiger partial charge in [-0.05, 0) is 48.9 Å². The molecule has 0 saturated heterocycles. The van der Waals surface area contributed by atoms with Crippen molar-refractivity contribution in [3.63, 3.8) is 0 Å². The number of nitrogens with one attached hydrogen (secondary N) is 1. The van der Waals surface area contributed by atoms with E-state index in [4.69, 9.17) is 0 Å². The van der Waals surface area contributed by atoms with Gasteiger partial charge in [0.25, 0.3) is 11.1 Å². The molecule has 4 aromatic rings. The summed E-state index contributed by atoms with van der Waals surface area (Å²) in [5.41, 5.74) is -0.511. The molecule has 1 amide bonds. The van der Waals surface area contributed by atoms with Gasteiger partial charge in [0.05, 0.1) is 16.3 Å². The molecule has 32 heavy (non-hydrogen) atoms. The Bertz CT molecular complexity index is 1340. The van der Waals surface area contributed by atoms with Crippen molar-refractivity contribution in [3.05, 3.63) is 80.0 Å². The Morgan fingerprint density at radius 3 is 2.09 bits per heavy atom. The van der Waals surface area contributed by atoms with Crippen molar-refractivity contribution in [1.29, 1.82) is 0 Å². The van der Waals surface area contributed by atoms with Crippen LogP contribution in [0.2, 0.25) is 0 Å². The lowest BCUT2D eigenvalue weighted by Crippen LogP contribution is -2.50. The quantitative estimate of drug-likeness (QED) is 0.451. The van der Waals surface area contributed by atoms with E-state index in [1.54, 1.807) is 26.0 Å². The molecule has 0 aliphatic carbocycles. The van der Waals surface area contributed by atoms with E-state index >= 15 is 0 Å². The molecule has 4 heterocycles. The van der Waals surface area contributed by atoms with E-state index < -0.39 is 5.54 Å². The molecule has 0 bridgehead atoms. The van der Waals surface area contributed by atoms with Crippen LogP contribution in [0.3, 0.4) is 0 Å². The molecule has 0 saturated carbocycles. The number of carbonyl (C=O) groups is 1. The van der Waals surface area contributed by atoms with E-state index in [-0.39, 0.29) is 30.1 Å². The molecule has 0 aliphatic heterocycles. The van der Waals surface area contributed by atoms with Gasteiger partial charge in [-0.2, -0.15) is 10.2 Å². The molecule has 0 radical (unpaired) electrons. The Kier molecular flexibility index (Phi) is 6.15. The Morgan fingerprint density at radius 2 is 1.50 bits per heavy atom. The second-order valence-electron chi connectivity index (χ2n) is 7.52. The summed E-state index contributed by atoms with van der Waals surface area (Å²) >= 11 is 3.04. The number of hydrogen-bond acceptors (Lipinski definition) is 7. The Balaban J connectivity index is 1.48. The van der Waals surface area contributed by atoms with E-state index in [1.807, 2.05) is 35.0 Å². The van der Waals surface area contributed by atoms with Gasteiger partial charge in [0, 0.05) is 18.7 Å². The highest BCUT2D eigenvalue weighted by Gasteiger charge is 2.32. The minimum Gasteiger partial charge on any atom is -0.352 e. The van der Waals surface area contributed by atoms with E-state index in [1.165, 1.54) is 44.2 Å². The van der Waals surface area contributed by atoms with Gasteiger partial charge in [-0.15, -0.1) is 22.7 Å². The third-order valence-electron chi connectivity index (χ3n) is 4.91. The Morgan fingerprint density at radius 1 is 0.906 bits per heavy atom. The van der Waals surface area contributed by atoms with Crippen LogP contribution in [-0.4, -0.2) is 32.0 Å². The molecule has 4 rings (SSSR count). The SMILES string of the molecule is CC(C)(C(=O)NCCn1nc(-c2cccs2)ccc1=O)n1nc(-c2cccs2)ccc1=O. The Hall–Kier alpha value is -3.37. The summed E-state index contributed by atoms with van der Waals surface area (Å²) in [6, 6.07) is 13.9. The third kappa shape index (κ3) is 4.46. The van der Waals surface area contributed by atoms with Crippen LogP contribution in [0.25, 0.3) is 21.1 Å². The van der Waals surface area contributed by atoms with Crippen LogP contribution < -0.4 is 16.4 Å². The first-order valence-corrected chi connectivity index (χ1v) is 11.7. The monoisotopic (exact) mass is 467 g/mol. The van der Waals surface area contributed by atoms with E-state index in [2.05, 4.69) is 15.5 Å². The molecule has 4 aromatic heterocycles. The fourth-order valence-electron chi connectivity index (χ4n) is 3.12. The summed E-state index contributed by atoms with van der Waals surface area (Å²) < 4.78 is 2.52. The molecule has 10 heteroatoms. The predicted octanol–water partition coefficient (Wildman–Crippen LogP) is 2.81. The fraction of sp³-hybridized carbons (Fsp3) is 0.227. The predicted molar refractivity (Wildman–Crippen MR) is 126 cm³/mol. The molecule has 164 valence electrons. The minimum atomic E-state index is -1.22. The number of amides is 1. The molecule has 8 nitrogen and oxygen atoms in total. The summed E-state index contributed by atoms with van der Waals surface area (Å²) in [6.07, 6.45) is 0. The van der Waals surface area contributed by atoms with Crippen molar-refractivity contribution in [1.82, 2.24) is 24.9 Å². The lowest BCUT2D eigenvalue weighted by atomic mass is 10.0. The highest BCUT2D eigenvalue weighted by atomic mass is 32.1. The first-order chi connectivity index (χ1) is 15.4. The summed E-state index contributed by atoms with van der Waals surface area (Å²) in [6.45, 7) is 3.66. The number of thiophene rings is 2. The largest absolute Gasteiger partial charge is 0.352 e. The number of carbonyl (C=O) groups excluding carboxylic acids is 1. The van der Waals surface area contributed by atoms with Gasteiger partial charge in [-0.3, -0.25) is 14.4 Å². The van der Waals surface area contributed by atoms with Crippen molar-refractivity contribution in [2.24, 2.45) is 0 Å². The maximum Gasteiger partial charge on any atom is 0.267 e. The molecule has 0 atom stereocenters. The summed E-state index contributed by atoms with van der Waals surface area (Å²) in [5.74, 6) is -0.377. The number of aromatic nitrogens is 4. The van der Waals surface area contributed by atoms with Crippen molar-refractivity contribution in [3.8, 4) is 21.1 Å². The van der Waals surface area contributed by atoms with Crippen LogP contribution >= 0.6 is 22.7 Å². The number of rotatable bonds is 7. The fourth-order valence-corrected chi connectivity index (χ4v) is 4.50. The average molecular weight is 468 g/mol. The van der Waals surface area contributed by atoms with Gasteiger partial charge in [0.15, 0.2) is 0 Å². The molecular formula is C22H21N5O3S2. The number of hydrogen-bond donors (Lipinski definition) is 1.